The van der Waals surface area contributed by atoms with Gasteiger partial charge in [-0.3, -0.25) is 4.79 Å². The minimum Gasteiger partial charge on any atom is -0.375 e. The van der Waals surface area contributed by atoms with Crippen molar-refractivity contribution in [3.63, 3.8) is 0 Å². The highest BCUT2D eigenvalue weighted by Gasteiger charge is 2.49. The number of hydrogen-bond donors (Lipinski definition) is 2. The van der Waals surface area contributed by atoms with E-state index in [4.69, 9.17) is 5.73 Å². The van der Waals surface area contributed by atoms with Crippen LogP contribution in [-0.2, 0) is 10.1 Å². The molecule has 0 heterocycles. The quantitative estimate of drug-likeness (QED) is 0.558. The summed E-state index contributed by atoms with van der Waals surface area (Å²) in [4.78, 5) is 26.0. The first-order valence-electron chi connectivity index (χ1n) is 7.09. The molecular formula is C16H12F3N2O5S+. The fourth-order valence-electron chi connectivity index (χ4n) is 1.89. The molecule has 2 amide bonds. The standard InChI is InChI=1S/C16H11F3N2O5S/c1-9-2-5-11(6-3-9)21-15(23)12-8-10(14(20)22)4-7-13(12)26-27(24,25)16(17,18)19/h2-8H,1H2,(H2,20,22)/p+1. The van der Waals surface area contributed by atoms with Gasteiger partial charge in [0, 0.05) is 17.7 Å². The molecule has 0 bridgehead atoms. The maximum absolute atomic E-state index is 12.6. The number of halogens is 3. The van der Waals surface area contributed by atoms with Crippen LogP contribution in [0.2, 0.25) is 0 Å². The summed E-state index contributed by atoms with van der Waals surface area (Å²) in [6, 6.07) is 2.49. The number of allylic oxidation sites excluding steroid dienone is 5. The van der Waals surface area contributed by atoms with Gasteiger partial charge in [-0.15, -0.1) is 0 Å². The molecule has 1 aromatic carbocycles. The second-order valence-corrected chi connectivity index (χ2v) is 6.75. The molecule has 7 nitrogen and oxygen atoms in total. The molecule has 11 heteroatoms. The van der Waals surface area contributed by atoms with E-state index in [2.05, 4.69) is 15.8 Å². The van der Waals surface area contributed by atoms with Gasteiger partial charge in [0.25, 0.3) is 0 Å². The van der Waals surface area contributed by atoms with Crippen LogP contribution in [0.25, 0.3) is 0 Å². The van der Waals surface area contributed by atoms with E-state index >= 15 is 0 Å². The van der Waals surface area contributed by atoms with Crippen LogP contribution in [0.1, 0.15) is 20.7 Å². The Kier molecular flexibility index (Phi) is 5.36. The molecule has 0 radical (unpaired) electrons. The number of nitrogens with one attached hydrogen (secondary N) is 1. The second kappa shape index (κ2) is 7.19. The predicted octanol–water partition coefficient (Wildman–Crippen LogP) is 0.358. The van der Waals surface area contributed by atoms with E-state index < -0.39 is 38.8 Å². The zero-order chi connectivity index (χ0) is 20.4. The highest BCUT2D eigenvalue weighted by molar-refractivity contribution is 7.88. The fraction of sp³-hybridized carbons (Fsp3) is 0.0625. The Morgan fingerprint density at radius 2 is 1.70 bits per heavy atom. The molecule has 27 heavy (non-hydrogen) atoms. The molecule has 0 spiro atoms. The lowest BCUT2D eigenvalue weighted by Crippen LogP contribution is -2.76. The van der Waals surface area contributed by atoms with Gasteiger partial charge in [0.05, 0.1) is 0 Å². The van der Waals surface area contributed by atoms with E-state index in [-0.39, 0.29) is 11.3 Å². The first-order valence-corrected chi connectivity index (χ1v) is 8.49. The second-order valence-electron chi connectivity index (χ2n) is 5.21. The van der Waals surface area contributed by atoms with Crippen LogP contribution in [-0.4, -0.2) is 31.5 Å². The Bertz CT molecular complexity index is 1000. The number of alkyl halides is 3. The molecule has 0 fully saturated rings. The van der Waals surface area contributed by atoms with E-state index in [1.807, 2.05) is 0 Å². The molecule has 1 aliphatic rings. The van der Waals surface area contributed by atoms with Crippen molar-refractivity contribution in [1.29, 1.82) is 0 Å². The summed E-state index contributed by atoms with van der Waals surface area (Å²) in [7, 11) is -6.02. The molecule has 0 saturated heterocycles. The van der Waals surface area contributed by atoms with Crippen LogP contribution in [0.15, 0.2) is 54.7 Å². The number of primary amides is 1. The van der Waals surface area contributed by atoms with Gasteiger partial charge in [-0.1, -0.05) is 6.58 Å². The van der Waals surface area contributed by atoms with E-state index in [9.17, 15) is 31.2 Å². The molecule has 1 aliphatic carbocycles. The van der Waals surface area contributed by atoms with Crippen molar-refractivity contribution in [2.75, 3.05) is 0 Å². The highest BCUT2D eigenvalue weighted by Crippen LogP contribution is 2.29. The first kappa shape index (κ1) is 20.1. The Morgan fingerprint density at radius 1 is 1.11 bits per heavy atom. The summed E-state index contributed by atoms with van der Waals surface area (Å²) in [5.41, 5.74) is -0.584. The summed E-state index contributed by atoms with van der Waals surface area (Å²) in [5.74, 6) is -2.90. The average Bonchev–Trinajstić information content (AvgIpc) is 2.55. The molecule has 0 saturated carbocycles. The van der Waals surface area contributed by atoms with Crippen molar-refractivity contribution in [3.8, 4) is 5.75 Å². The van der Waals surface area contributed by atoms with Gasteiger partial charge in [0.1, 0.15) is 5.56 Å². The van der Waals surface area contributed by atoms with E-state index in [0.29, 0.717) is 5.57 Å². The summed E-state index contributed by atoms with van der Waals surface area (Å²) < 4.78 is 64.2. The SMILES string of the molecule is C=C1C=CC(=[NH+]C(=O)c2cc(C(N)=O)ccc2OS(=O)(=O)C(F)(F)F)C=C1. The smallest absolute Gasteiger partial charge is 0.375 e. The van der Waals surface area contributed by atoms with Gasteiger partial charge >= 0.3 is 21.5 Å². The lowest BCUT2D eigenvalue weighted by Gasteiger charge is -2.11. The third-order valence-corrected chi connectivity index (χ3v) is 4.17. The maximum Gasteiger partial charge on any atom is 0.534 e. The van der Waals surface area contributed by atoms with E-state index in [1.165, 1.54) is 12.2 Å². The Morgan fingerprint density at radius 3 is 2.22 bits per heavy atom. The highest BCUT2D eigenvalue weighted by atomic mass is 32.2. The van der Waals surface area contributed by atoms with Gasteiger partial charge in [-0.05, 0) is 35.9 Å². The number of carbonyl (C=O) groups excluding carboxylic acids is 2. The van der Waals surface area contributed by atoms with Crippen molar-refractivity contribution in [1.82, 2.24) is 0 Å². The Hall–Kier alpha value is -3.21. The lowest BCUT2D eigenvalue weighted by molar-refractivity contribution is -0.343. The molecule has 1 aromatic rings. The number of rotatable bonds is 4. The van der Waals surface area contributed by atoms with Crippen molar-refractivity contribution >= 4 is 27.6 Å². The third-order valence-electron chi connectivity index (χ3n) is 3.20. The summed E-state index contributed by atoms with van der Waals surface area (Å²) in [6.45, 7) is 3.65. The monoisotopic (exact) mass is 401 g/mol. The topological polar surface area (TPSA) is 118 Å². The summed E-state index contributed by atoms with van der Waals surface area (Å²) in [5, 5.41) is 0. The van der Waals surface area contributed by atoms with Gasteiger partial charge in [0.2, 0.25) is 11.6 Å². The molecule has 0 aromatic heterocycles. The average molecular weight is 401 g/mol. The van der Waals surface area contributed by atoms with Crippen molar-refractivity contribution < 1.29 is 40.4 Å². The van der Waals surface area contributed by atoms with Crippen molar-refractivity contribution in [2.45, 2.75) is 5.51 Å². The molecule has 0 atom stereocenters. The van der Waals surface area contributed by atoms with Crippen LogP contribution < -0.4 is 14.9 Å². The Labute approximate surface area is 151 Å². The fourth-order valence-corrected chi connectivity index (χ4v) is 2.36. The molecular weight excluding hydrogens is 389 g/mol. The molecule has 142 valence electrons. The largest absolute Gasteiger partial charge is 0.534 e. The third kappa shape index (κ3) is 4.70. The van der Waals surface area contributed by atoms with Crippen LogP contribution in [0, 0.1) is 0 Å². The molecule has 0 unspecified atom stereocenters. The number of nitrogens with two attached hydrogens (primary N) is 1. The summed E-state index contributed by atoms with van der Waals surface area (Å²) >= 11 is 0. The molecule has 0 aliphatic heterocycles. The Balaban J connectivity index is 2.51. The number of carbonyl (C=O) groups is 2. The predicted molar refractivity (Wildman–Crippen MR) is 88.3 cm³/mol. The minimum absolute atomic E-state index is 0.231. The molecule has 3 N–H and O–H groups in total. The van der Waals surface area contributed by atoms with Gasteiger partial charge in [-0.2, -0.15) is 26.6 Å². The number of hydrogen-bond acceptors (Lipinski definition) is 5. The van der Waals surface area contributed by atoms with Crippen molar-refractivity contribution in [2.24, 2.45) is 5.73 Å². The maximum atomic E-state index is 12.6. The van der Waals surface area contributed by atoms with E-state index in [0.717, 1.165) is 18.2 Å². The number of benzene rings is 1. The van der Waals surface area contributed by atoms with Crippen LogP contribution >= 0.6 is 0 Å². The minimum atomic E-state index is -6.02. The van der Waals surface area contributed by atoms with Gasteiger partial charge in [-0.25, -0.2) is 4.79 Å². The molecule has 2 rings (SSSR count). The van der Waals surface area contributed by atoms with Gasteiger partial charge in [0.15, 0.2) is 5.75 Å². The van der Waals surface area contributed by atoms with Crippen LogP contribution in [0.4, 0.5) is 13.2 Å². The van der Waals surface area contributed by atoms with Gasteiger partial charge < -0.3 is 9.92 Å². The number of amides is 2. The zero-order valence-corrected chi connectivity index (χ0v) is 14.2. The normalized spacial score (nSPS) is 14.2. The van der Waals surface area contributed by atoms with E-state index in [1.54, 1.807) is 12.2 Å². The zero-order valence-electron chi connectivity index (χ0n) is 13.4. The summed E-state index contributed by atoms with van der Waals surface area (Å²) in [6.07, 6.45) is 6.04. The lowest BCUT2D eigenvalue weighted by atomic mass is 10.1. The van der Waals surface area contributed by atoms with Crippen LogP contribution in [0.3, 0.4) is 0 Å². The van der Waals surface area contributed by atoms with Crippen LogP contribution in [0.5, 0.6) is 5.75 Å². The first-order chi connectivity index (χ1) is 12.4. The van der Waals surface area contributed by atoms with Crippen molar-refractivity contribution in [3.05, 3.63) is 65.8 Å².